The lowest BCUT2D eigenvalue weighted by molar-refractivity contribution is -0.135. The first kappa shape index (κ1) is 19.2. The molecule has 2 amide bonds. The summed E-state index contributed by atoms with van der Waals surface area (Å²) in [7, 11) is 0. The Morgan fingerprint density at radius 1 is 1.28 bits per heavy atom. The van der Waals surface area contributed by atoms with Gasteiger partial charge in [-0.3, -0.25) is 14.6 Å². The van der Waals surface area contributed by atoms with E-state index in [1.54, 1.807) is 12.4 Å². The maximum Gasteiger partial charge on any atom is 0.224 e. The van der Waals surface area contributed by atoms with Crippen molar-refractivity contribution in [2.45, 2.75) is 52.0 Å². The number of nitrogens with one attached hydrogen (secondary N) is 2. The molecule has 1 fully saturated rings. The lowest BCUT2D eigenvalue weighted by Gasteiger charge is -2.30. The smallest absolute Gasteiger partial charge is 0.224 e. The molecule has 0 aromatic carbocycles. The number of nitrogens with two attached hydrogens (primary N) is 1. The molecule has 6 nitrogen and oxygen atoms in total. The van der Waals surface area contributed by atoms with Crippen LogP contribution in [-0.2, 0) is 9.59 Å². The van der Waals surface area contributed by atoms with Gasteiger partial charge in [0.2, 0.25) is 11.8 Å². The van der Waals surface area contributed by atoms with E-state index < -0.39 is 0 Å². The van der Waals surface area contributed by atoms with Gasteiger partial charge in [-0.1, -0.05) is 26.7 Å². The molecule has 0 spiro atoms. The van der Waals surface area contributed by atoms with Crippen molar-refractivity contribution in [3.63, 3.8) is 0 Å². The van der Waals surface area contributed by atoms with Crippen LogP contribution in [0.3, 0.4) is 0 Å². The van der Waals surface area contributed by atoms with Gasteiger partial charge in [-0.15, -0.1) is 0 Å². The summed E-state index contributed by atoms with van der Waals surface area (Å²) >= 11 is 0. The SMILES string of the molecule is CC(C)CC(CNc1cccnc1)NC(=O)[C@@H]1CCCC[C@@H]1C(N)=O. The first-order valence-electron chi connectivity index (χ1n) is 9.21. The topological polar surface area (TPSA) is 97.1 Å². The van der Waals surface area contributed by atoms with Crippen molar-refractivity contribution >= 4 is 17.5 Å². The Balaban J connectivity index is 1.97. The van der Waals surface area contributed by atoms with Gasteiger partial charge in [-0.2, -0.15) is 0 Å². The van der Waals surface area contributed by atoms with Crippen LogP contribution in [0.25, 0.3) is 0 Å². The fraction of sp³-hybridized carbons (Fsp3) is 0.632. The number of amides is 2. The second kappa shape index (κ2) is 9.39. The van der Waals surface area contributed by atoms with E-state index in [0.717, 1.165) is 37.8 Å². The third-order valence-electron chi connectivity index (χ3n) is 4.78. The van der Waals surface area contributed by atoms with Crippen molar-refractivity contribution in [1.82, 2.24) is 10.3 Å². The fourth-order valence-corrected chi connectivity index (χ4v) is 3.56. The summed E-state index contributed by atoms with van der Waals surface area (Å²) in [6.07, 6.45) is 7.76. The van der Waals surface area contributed by atoms with Crippen LogP contribution in [0.2, 0.25) is 0 Å². The van der Waals surface area contributed by atoms with Gasteiger partial charge in [0.25, 0.3) is 0 Å². The van der Waals surface area contributed by atoms with Crippen LogP contribution in [0.1, 0.15) is 46.0 Å². The van der Waals surface area contributed by atoms with E-state index in [4.69, 9.17) is 5.73 Å². The number of primary amides is 1. The minimum Gasteiger partial charge on any atom is -0.382 e. The quantitative estimate of drug-likeness (QED) is 0.673. The summed E-state index contributed by atoms with van der Waals surface area (Å²) in [5, 5.41) is 6.47. The average Bonchev–Trinajstić information content (AvgIpc) is 2.60. The largest absolute Gasteiger partial charge is 0.382 e. The van der Waals surface area contributed by atoms with Crippen molar-refractivity contribution in [1.29, 1.82) is 0 Å². The molecule has 1 aromatic rings. The van der Waals surface area contributed by atoms with Gasteiger partial charge in [-0.05, 0) is 37.3 Å². The molecule has 0 radical (unpaired) electrons. The van der Waals surface area contributed by atoms with E-state index >= 15 is 0 Å². The van der Waals surface area contributed by atoms with Gasteiger partial charge in [0.1, 0.15) is 0 Å². The minimum atomic E-state index is -0.353. The van der Waals surface area contributed by atoms with Crippen LogP contribution in [0.4, 0.5) is 5.69 Å². The van der Waals surface area contributed by atoms with Gasteiger partial charge in [0, 0.05) is 36.8 Å². The zero-order valence-corrected chi connectivity index (χ0v) is 15.2. The van der Waals surface area contributed by atoms with Crippen LogP contribution in [-0.4, -0.2) is 29.4 Å². The molecule has 1 aromatic heterocycles. The lowest BCUT2D eigenvalue weighted by atomic mass is 9.78. The van der Waals surface area contributed by atoms with Crippen LogP contribution in [0.15, 0.2) is 24.5 Å². The summed E-state index contributed by atoms with van der Waals surface area (Å²) < 4.78 is 0. The van der Waals surface area contributed by atoms with E-state index in [1.165, 1.54) is 0 Å². The van der Waals surface area contributed by atoms with E-state index in [0.29, 0.717) is 12.5 Å². The highest BCUT2D eigenvalue weighted by Crippen LogP contribution is 2.30. The number of nitrogens with zero attached hydrogens (tertiary/aromatic N) is 1. The highest BCUT2D eigenvalue weighted by molar-refractivity contribution is 5.87. The number of hydrogen-bond acceptors (Lipinski definition) is 4. The summed E-state index contributed by atoms with van der Waals surface area (Å²) in [6, 6.07) is 3.83. The molecule has 25 heavy (non-hydrogen) atoms. The highest BCUT2D eigenvalue weighted by Gasteiger charge is 2.35. The molecule has 0 bridgehead atoms. The van der Waals surface area contributed by atoms with Crippen LogP contribution >= 0.6 is 0 Å². The van der Waals surface area contributed by atoms with Crippen LogP contribution in [0.5, 0.6) is 0 Å². The zero-order valence-electron chi connectivity index (χ0n) is 15.2. The van der Waals surface area contributed by atoms with Gasteiger partial charge < -0.3 is 16.4 Å². The van der Waals surface area contributed by atoms with Crippen LogP contribution in [0, 0.1) is 17.8 Å². The maximum absolute atomic E-state index is 12.8. The van der Waals surface area contributed by atoms with Crippen molar-refractivity contribution in [2.24, 2.45) is 23.5 Å². The monoisotopic (exact) mass is 346 g/mol. The van der Waals surface area contributed by atoms with Crippen molar-refractivity contribution in [3.05, 3.63) is 24.5 Å². The Kier molecular flexibility index (Phi) is 7.22. The molecule has 4 N–H and O–H groups in total. The molecule has 1 aliphatic rings. The standard InChI is InChI=1S/C19H30N4O2/c1-13(2)10-15(12-22-14-6-5-9-21-11-14)23-19(25)17-8-4-3-7-16(17)18(20)24/h5-6,9,11,13,15-17,22H,3-4,7-8,10,12H2,1-2H3,(H2,20,24)(H,23,25)/t15?,16-,17+/m0/s1. The number of pyridine rings is 1. The molecule has 1 unspecified atom stereocenters. The number of anilines is 1. The van der Waals surface area contributed by atoms with Gasteiger partial charge in [0.15, 0.2) is 0 Å². The Morgan fingerprint density at radius 2 is 2.00 bits per heavy atom. The number of hydrogen-bond donors (Lipinski definition) is 3. The summed E-state index contributed by atoms with van der Waals surface area (Å²) in [5.41, 5.74) is 6.43. The number of aromatic nitrogens is 1. The molecule has 1 heterocycles. The van der Waals surface area contributed by atoms with Crippen molar-refractivity contribution < 1.29 is 9.59 Å². The molecule has 1 saturated carbocycles. The number of rotatable bonds is 8. The van der Waals surface area contributed by atoms with Crippen molar-refractivity contribution in [2.75, 3.05) is 11.9 Å². The third kappa shape index (κ3) is 6.03. The Hall–Kier alpha value is -2.11. The highest BCUT2D eigenvalue weighted by atomic mass is 16.2. The summed E-state index contributed by atoms with van der Waals surface area (Å²) in [4.78, 5) is 28.5. The van der Waals surface area contributed by atoms with Gasteiger partial charge in [-0.25, -0.2) is 0 Å². The Morgan fingerprint density at radius 3 is 2.60 bits per heavy atom. The predicted octanol–water partition coefficient (Wildman–Crippen LogP) is 2.32. The molecule has 2 rings (SSSR count). The molecule has 0 saturated heterocycles. The van der Waals surface area contributed by atoms with E-state index in [-0.39, 0.29) is 29.7 Å². The summed E-state index contributed by atoms with van der Waals surface area (Å²) in [5.74, 6) is -0.561. The first-order chi connectivity index (χ1) is 12.0. The van der Waals surface area contributed by atoms with E-state index in [2.05, 4.69) is 29.5 Å². The number of carbonyl (C=O) groups excluding carboxylic acids is 2. The summed E-state index contributed by atoms with van der Waals surface area (Å²) in [6.45, 7) is 4.90. The second-order valence-electron chi connectivity index (χ2n) is 7.36. The maximum atomic E-state index is 12.8. The molecule has 0 aliphatic heterocycles. The third-order valence-corrected chi connectivity index (χ3v) is 4.78. The molecular formula is C19H30N4O2. The first-order valence-corrected chi connectivity index (χ1v) is 9.21. The van der Waals surface area contributed by atoms with Gasteiger partial charge in [0.05, 0.1) is 5.69 Å². The average molecular weight is 346 g/mol. The molecular weight excluding hydrogens is 316 g/mol. The predicted molar refractivity (Wildman–Crippen MR) is 98.8 cm³/mol. The van der Waals surface area contributed by atoms with E-state index in [9.17, 15) is 9.59 Å². The fourth-order valence-electron chi connectivity index (χ4n) is 3.56. The van der Waals surface area contributed by atoms with Gasteiger partial charge >= 0.3 is 0 Å². The van der Waals surface area contributed by atoms with Crippen LogP contribution < -0.4 is 16.4 Å². The Bertz CT molecular complexity index is 562. The molecule has 3 atom stereocenters. The number of carbonyl (C=O) groups is 2. The minimum absolute atomic E-state index is 0.00293. The zero-order chi connectivity index (χ0) is 18.2. The Labute approximate surface area is 150 Å². The lowest BCUT2D eigenvalue weighted by Crippen LogP contribution is -2.47. The molecule has 1 aliphatic carbocycles. The second-order valence-corrected chi connectivity index (χ2v) is 7.36. The normalized spacial score (nSPS) is 21.6. The molecule has 6 heteroatoms. The van der Waals surface area contributed by atoms with Crippen molar-refractivity contribution in [3.8, 4) is 0 Å². The van der Waals surface area contributed by atoms with E-state index in [1.807, 2.05) is 12.1 Å². The molecule has 138 valence electrons.